The third kappa shape index (κ3) is 2.58. The number of nitrogens with zero attached hydrogens (tertiary/aromatic N) is 1. The van der Waals surface area contributed by atoms with E-state index < -0.39 is 0 Å². The Kier molecular flexibility index (Phi) is 3.39. The first-order chi connectivity index (χ1) is 7.29. The Balaban J connectivity index is 1.99. The Morgan fingerprint density at radius 2 is 2.07 bits per heavy atom. The van der Waals surface area contributed by atoms with Gasteiger partial charge in [0, 0.05) is 12.6 Å². The van der Waals surface area contributed by atoms with Crippen LogP contribution in [0, 0.1) is 6.92 Å². The first-order valence-electron chi connectivity index (χ1n) is 5.70. The minimum atomic E-state index is 0.297. The topological polar surface area (TPSA) is 23.5 Å². The molecular weight excluding hydrogens is 186 g/mol. The summed E-state index contributed by atoms with van der Waals surface area (Å²) in [5, 5.41) is 9.22. The first kappa shape index (κ1) is 10.7. The molecule has 0 radical (unpaired) electrons. The van der Waals surface area contributed by atoms with Gasteiger partial charge in [-0.2, -0.15) is 0 Å². The lowest BCUT2D eigenvalue weighted by atomic mass is 10.1. The Bertz CT molecular complexity index is 307. The van der Waals surface area contributed by atoms with Crippen LogP contribution in [-0.2, 0) is 6.54 Å². The molecule has 1 aliphatic rings. The van der Waals surface area contributed by atoms with Gasteiger partial charge in [-0.15, -0.1) is 0 Å². The molecular formula is C13H19NO. The van der Waals surface area contributed by atoms with Gasteiger partial charge in [0.2, 0.25) is 0 Å². The maximum Gasteiger partial charge on any atom is 0.0587 e. The van der Waals surface area contributed by atoms with Gasteiger partial charge in [0.05, 0.1) is 6.61 Å². The predicted octanol–water partition coefficient (Wildman–Crippen LogP) is 1.95. The average molecular weight is 205 g/mol. The van der Waals surface area contributed by atoms with Crippen molar-refractivity contribution < 1.29 is 5.11 Å². The molecule has 1 fully saturated rings. The second-order valence-electron chi connectivity index (χ2n) is 4.43. The summed E-state index contributed by atoms with van der Waals surface area (Å²) in [4.78, 5) is 2.38. The van der Waals surface area contributed by atoms with Crippen LogP contribution in [0.25, 0.3) is 0 Å². The average Bonchev–Trinajstić information content (AvgIpc) is 2.69. The van der Waals surface area contributed by atoms with Gasteiger partial charge >= 0.3 is 0 Å². The van der Waals surface area contributed by atoms with Gasteiger partial charge in [-0.1, -0.05) is 29.8 Å². The van der Waals surface area contributed by atoms with Gasteiger partial charge in [0.25, 0.3) is 0 Å². The number of likely N-dealkylation sites (tertiary alicyclic amines) is 1. The number of hydrogen-bond donors (Lipinski definition) is 1. The van der Waals surface area contributed by atoms with E-state index in [-0.39, 0.29) is 0 Å². The molecule has 0 saturated carbocycles. The number of aliphatic hydroxyl groups is 1. The van der Waals surface area contributed by atoms with Crippen molar-refractivity contribution in [1.29, 1.82) is 0 Å². The molecule has 0 aliphatic carbocycles. The molecule has 1 atom stereocenters. The zero-order chi connectivity index (χ0) is 10.7. The quantitative estimate of drug-likeness (QED) is 0.815. The van der Waals surface area contributed by atoms with Gasteiger partial charge in [-0.3, -0.25) is 4.90 Å². The van der Waals surface area contributed by atoms with Crippen molar-refractivity contribution in [3.8, 4) is 0 Å². The third-order valence-corrected chi connectivity index (χ3v) is 3.22. The maximum absolute atomic E-state index is 9.22. The highest BCUT2D eigenvalue weighted by atomic mass is 16.3. The summed E-state index contributed by atoms with van der Waals surface area (Å²) < 4.78 is 0. The van der Waals surface area contributed by atoms with E-state index in [1.807, 2.05) is 0 Å². The molecule has 0 aromatic heterocycles. The van der Waals surface area contributed by atoms with E-state index in [1.165, 1.54) is 17.5 Å². The summed E-state index contributed by atoms with van der Waals surface area (Å²) in [7, 11) is 0. The van der Waals surface area contributed by atoms with E-state index in [0.29, 0.717) is 12.6 Å². The lowest BCUT2D eigenvalue weighted by Crippen LogP contribution is -2.31. The van der Waals surface area contributed by atoms with Crippen LogP contribution in [0.2, 0.25) is 0 Å². The zero-order valence-corrected chi connectivity index (χ0v) is 9.32. The molecule has 15 heavy (non-hydrogen) atoms. The van der Waals surface area contributed by atoms with Crippen molar-refractivity contribution in [2.45, 2.75) is 32.4 Å². The van der Waals surface area contributed by atoms with Crippen LogP contribution in [-0.4, -0.2) is 29.2 Å². The lowest BCUT2D eigenvalue weighted by molar-refractivity contribution is 0.153. The summed E-state index contributed by atoms with van der Waals surface area (Å²) in [5.41, 5.74) is 2.65. The Hall–Kier alpha value is -0.860. The molecule has 0 unspecified atom stereocenters. The van der Waals surface area contributed by atoms with Crippen LogP contribution in [0.15, 0.2) is 24.3 Å². The van der Waals surface area contributed by atoms with Gasteiger partial charge in [0.15, 0.2) is 0 Å². The van der Waals surface area contributed by atoms with Crippen molar-refractivity contribution in [3.05, 3.63) is 35.4 Å². The molecule has 2 nitrogen and oxygen atoms in total. The standard InChI is InChI=1S/C13H19NO/c1-11-4-6-12(7-5-11)9-14-8-2-3-13(14)10-15/h4-7,13,15H,2-3,8-10H2,1H3/t13-/m1/s1. The summed E-state index contributed by atoms with van der Waals surface area (Å²) in [6.07, 6.45) is 2.36. The maximum atomic E-state index is 9.22. The molecule has 1 aromatic carbocycles. The fourth-order valence-corrected chi connectivity index (χ4v) is 2.24. The number of aliphatic hydroxyl groups excluding tert-OH is 1. The fourth-order valence-electron chi connectivity index (χ4n) is 2.24. The normalized spacial score (nSPS) is 22.1. The largest absolute Gasteiger partial charge is 0.395 e. The van der Waals surface area contributed by atoms with Crippen molar-refractivity contribution in [3.63, 3.8) is 0 Å². The second-order valence-corrected chi connectivity index (χ2v) is 4.43. The highest BCUT2D eigenvalue weighted by molar-refractivity contribution is 5.21. The van der Waals surface area contributed by atoms with Crippen LogP contribution in [0.5, 0.6) is 0 Å². The molecule has 1 aromatic rings. The van der Waals surface area contributed by atoms with E-state index in [4.69, 9.17) is 0 Å². The van der Waals surface area contributed by atoms with E-state index in [0.717, 1.165) is 19.5 Å². The summed E-state index contributed by atoms with van der Waals surface area (Å²) in [5.74, 6) is 0. The van der Waals surface area contributed by atoms with Crippen LogP contribution in [0.3, 0.4) is 0 Å². The molecule has 1 N–H and O–H groups in total. The van der Waals surface area contributed by atoms with Crippen molar-refractivity contribution in [2.24, 2.45) is 0 Å². The summed E-state index contributed by atoms with van der Waals surface area (Å²) in [6, 6.07) is 9.05. The van der Waals surface area contributed by atoms with Gasteiger partial charge in [-0.25, -0.2) is 0 Å². The van der Waals surface area contributed by atoms with Crippen molar-refractivity contribution in [1.82, 2.24) is 4.90 Å². The van der Waals surface area contributed by atoms with Gasteiger partial charge in [-0.05, 0) is 31.9 Å². The second kappa shape index (κ2) is 4.77. The summed E-state index contributed by atoms with van der Waals surface area (Å²) in [6.45, 7) is 4.51. The van der Waals surface area contributed by atoms with Crippen LogP contribution in [0.1, 0.15) is 24.0 Å². The van der Waals surface area contributed by atoms with E-state index in [2.05, 4.69) is 36.1 Å². The summed E-state index contributed by atoms with van der Waals surface area (Å²) >= 11 is 0. The van der Waals surface area contributed by atoms with Crippen LogP contribution >= 0.6 is 0 Å². The molecule has 0 amide bonds. The van der Waals surface area contributed by atoms with E-state index in [9.17, 15) is 5.11 Å². The zero-order valence-electron chi connectivity index (χ0n) is 9.32. The Morgan fingerprint density at radius 1 is 1.33 bits per heavy atom. The molecule has 1 saturated heterocycles. The monoisotopic (exact) mass is 205 g/mol. The molecule has 1 heterocycles. The number of benzene rings is 1. The van der Waals surface area contributed by atoms with Crippen LogP contribution < -0.4 is 0 Å². The fraction of sp³-hybridized carbons (Fsp3) is 0.538. The number of hydrogen-bond acceptors (Lipinski definition) is 2. The molecule has 0 bridgehead atoms. The molecule has 1 aliphatic heterocycles. The number of rotatable bonds is 3. The third-order valence-electron chi connectivity index (χ3n) is 3.22. The van der Waals surface area contributed by atoms with E-state index in [1.54, 1.807) is 0 Å². The number of aryl methyl sites for hydroxylation is 1. The predicted molar refractivity (Wildman–Crippen MR) is 61.7 cm³/mol. The SMILES string of the molecule is Cc1ccc(CN2CCC[C@@H]2CO)cc1. The van der Waals surface area contributed by atoms with E-state index >= 15 is 0 Å². The highest BCUT2D eigenvalue weighted by Gasteiger charge is 2.23. The first-order valence-corrected chi connectivity index (χ1v) is 5.70. The minimum Gasteiger partial charge on any atom is -0.395 e. The van der Waals surface area contributed by atoms with Crippen molar-refractivity contribution >= 4 is 0 Å². The Morgan fingerprint density at radius 3 is 2.73 bits per heavy atom. The highest BCUT2D eigenvalue weighted by Crippen LogP contribution is 2.19. The van der Waals surface area contributed by atoms with Gasteiger partial charge < -0.3 is 5.11 Å². The molecule has 2 rings (SSSR count). The Labute approximate surface area is 91.5 Å². The van der Waals surface area contributed by atoms with Crippen LogP contribution in [0.4, 0.5) is 0 Å². The minimum absolute atomic E-state index is 0.297. The van der Waals surface area contributed by atoms with Gasteiger partial charge in [0.1, 0.15) is 0 Å². The van der Waals surface area contributed by atoms with Crippen molar-refractivity contribution in [2.75, 3.05) is 13.2 Å². The smallest absolute Gasteiger partial charge is 0.0587 e. The molecule has 82 valence electrons. The molecule has 0 spiro atoms. The molecule has 2 heteroatoms. The lowest BCUT2D eigenvalue weighted by Gasteiger charge is -2.22.